The fourth-order valence-corrected chi connectivity index (χ4v) is 4.90. The van der Waals surface area contributed by atoms with E-state index in [4.69, 9.17) is 10.1 Å². The molecule has 7 nitrogen and oxygen atoms in total. The van der Waals surface area contributed by atoms with Crippen LogP contribution < -0.4 is 15.0 Å². The number of amidine groups is 1. The Labute approximate surface area is 200 Å². The highest BCUT2D eigenvalue weighted by molar-refractivity contribution is 7.19. The predicted molar refractivity (Wildman–Crippen MR) is 135 cm³/mol. The summed E-state index contributed by atoms with van der Waals surface area (Å²) in [5.74, 6) is 0.851. The van der Waals surface area contributed by atoms with E-state index in [1.54, 1.807) is 36.3 Å². The first kappa shape index (κ1) is 21.7. The van der Waals surface area contributed by atoms with Gasteiger partial charge >= 0.3 is 0 Å². The van der Waals surface area contributed by atoms with Gasteiger partial charge in [-0.25, -0.2) is 4.98 Å². The molecule has 170 valence electrons. The Balaban J connectivity index is 1.28. The molecule has 8 heteroatoms. The fourth-order valence-electron chi connectivity index (χ4n) is 3.86. The summed E-state index contributed by atoms with van der Waals surface area (Å²) in [6.07, 6.45) is 0. The highest BCUT2D eigenvalue weighted by Gasteiger charge is 2.31. The summed E-state index contributed by atoms with van der Waals surface area (Å²) in [7, 11) is 1.61. The number of aliphatic hydroxyl groups is 1. The standard InChI is InChI=1S/C26H22N4O3S/c1-33-19-6-4-5-16(13-19)14-28-25(32)17-9-11-18(12-10-17)30-15-21(31)23(24(30)27)26-29-20-7-2-3-8-22(20)34-26/h2-13,27,31H,14-15H2,1H3,(H,28,32). The van der Waals surface area contributed by atoms with Gasteiger partial charge in [0.05, 0.1) is 29.4 Å². The normalized spacial score (nSPS) is 13.6. The summed E-state index contributed by atoms with van der Waals surface area (Å²) in [5.41, 5.74) is 3.47. The Bertz CT molecular complexity index is 1390. The lowest BCUT2D eigenvalue weighted by molar-refractivity contribution is 0.0951. The number of nitrogens with one attached hydrogen (secondary N) is 2. The van der Waals surface area contributed by atoms with Crippen molar-refractivity contribution in [2.24, 2.45) is 0 Å². The fraction of sp³-hybridized carbons (Fsp3) is 0.115. The lowest BCUT2D eigenvalue weighted by Gasteiger charge is -2.19. The lowest BCUT2D eigenvalue weighted by Crippen LogP contribution is -2.26. The number of carbonyl (C=O) groups is 1. The van der Waals surface area contributed by atoms with Crippen molar-refractivity contribution in [2.75, 3.05) is 18.6 Å². The molecule has 0 saturated heterocycles. The Hall–Kier alpha value is -4.17. The second-order valence-corrected chi connectivity index (χ2v) is 8.85. The van der Waals surface area contributed by atoms with Gasteiger partial charge in [0, 0.05) is 17.8 Å². The van der Waals surface area contributed by atoms with Crippen LogP contribution in [0.25, 0.3) is 15.8 Å². The van der Waals surface area contributed by atoms with Crippen LogP contribution in [0.3, 0.4) is 0 Å². The molecule has 3 aromatic carbocycles. The maximum Gasteiger partial charge on any atom is 0.251 e. The summed E-state index contributed by atoms with van der Waals surface area (Å²) in [4.78, 5) is 18.9. The molecule has 0 fully saturated rings. The zero-order valence-corrected chi connectivity index (χ0v) is 19.2. The molecule has 4 aromatic rings. The quantitative estimate of drug-likeness (QED) is 0.368. The summed E-state index contributed by atoms with van der Waals surface area (Å²) in [6.45, 7) is 0.573. The molecular formula is C26H22N4O3S. The highest BCUT2D eigenvalue weighted by Crippen LogP contribution is 2.35. The zero-order chi connectivity index (χ0) is 23.7. The molecule has 0 saturated carbocycles. The van der Waals surface area contributed by atoms with Crippen molar-refractivity contribution in [1.82, 2.24) is 10.3 Å². The number of methoxy groups -OCH3 is 1. The van der Waals surface area contributed by atoms with Gasteiger partial charge in [-0.05, 0) is 54.1 Å². The van der Waals surface area contributed by atoms with Gasteiger partial charge in [-0.2, -0.15) is 0 Å². The van der Waals surface area contributed by atoms with E-state index in [9.17, 15) is 9.90 Å². The molecule has 3 N–H and O–H groups in total. The molecule has 1 amide bonds. The predicted octanol–water partition coefficient (Wildman–Crippen LogP) is 5.00. The average Bonchev–Trinajstić information content (AvgIpc) is 3.42. The molecule has 2 heterocycles. The third-order valence-electron chi connectivity index (χ3n) is 5.64. The van der Waals surface area contributed by atoms with Crippen molar-refractivity contribution in [3.63, 3.8) is 0 Å². The lowest BCUT2D eigenvalue weighted by atomic mass is 10.1. The first-order chi connectivity index (χ1) is 16.5. The van der Waals surface area contributed by atoms with Crippen molar-refractivity contribution >= 4 is 44.6 Å². The number of aromatic nitrogens is 1. The zero-order valence-electron chi connectivity index (χ0n) is 18.4. The summed E-state index contributed by atoms with van der Waals surface area (Å²) < 4.78 is 6.22. The van der Waals surface area contributed by atoms with Gasteiger partial charge < -0.3 is 20.1 Å². The van der Waals surface area contributed by atoms with Crippen molar-refractivity contribution in [3.05, 3.63) is 94.7 Å². The van der Waals surface area contributed by atoms with Crippen LogP contribution in [-0.4, -0.2) is 35.5 Å². The molecule has 0 unspecified atom stereocenters. The summed E-state index contributed by atoms with van der Waals surface area (Å²) in [5, 5.41) is 22.8. The van der Waals surface area contributed by atoms with Crippen molar-refractivity contribution < 1.29 is 14.6 Å². The van der Waals surface area contributed by atoms with Crippen LogP contribution >= 0.6 is 11.3 Å². The number of rotatable bonds is 6. The van der Waals surface area contributed by atoms with Crippen LogP contribution in [0, 0.1) is 5.41 Å². The van der Waals surface area contributed by atoms with E-state index < -0.39 is 0 Å². The number of anilines is 1. The first-order valence-electron chi connectivity index (χ1n) is 10.7. The van der Waals surface area contributed by atoms with E-state index in [1.165, 1.54) is 11.3 Å². The first-order valence-corrected chi connectivity index (χ1v) is 11.5. The van der Waals surface area contributed by atoms with Crippen LogP contribution in [0.2, 0.25) is 0 Å². The summed E-state index contributed by atoms with van der Waals surface area (Å²) in [6, 6.07) is 22.3. The van der Waals surface area contributed by atoms with Crippen molar-refractivity contribution in [3.8, 4) is 5.75 Å². The van der Waals surface area contributed by atoms with E-state index in [0.29, 0.717) is 22.7 Å². The third-order valence-corrected chi connectivity index (χ3v) is 6.69. The number of para-hydroxylation sites is 1. The van der Waals surface area contributed by atoms with E-state index in [2.05, 4.69) is 10.3 Å². The largest absolute Gasteiger partial charge is 0.510 e. The van der Waals surface area contributed by atoms with Crippen LogP contribution in [0.15, 0.2) is 78.6 Å². The van der Waals surface area contributed by atoms with Gasteiger partial charge in [0.25, 0.3) is 5.91 Å². The van der Waals surface area contributed by atoms with Crippen LogP contribution in [0.4, 0.5) is 5.69 Å². The second-order valence-electron chi connectivity index (χ2n) is 7.82. The average molecular weight is 471 g/mol. The van der Waals surface area contributed by atoms with E-state index >= 15 is 0 Å². The molecule has 0 bridgehead atoms. The number of carbonyl (C=O) groups excluding carboxylic acids is 1. The number of ether oxygens (including phenoxy) is 1. The van der Waals surface area contributed by atoms with Gasteiger partial charge in [-0.1, -0.05) is 24.3 Å². The molecule has 34 heavy (non-hydrogen) atoms. The minimum Gasteiger partial charge on any atom is -0.510 e. The Morgan fingerprint density at radius 3 is 2.71 bits per heavy atom. The van der Waals surface area contributed by atoms with E-state index in [0.717, 1.165) is 27.2 Å². The SMILES string of the molecule is COc1cccc(CNC(=O)c2ccc(N3CC(O)=C(c4nc5ccccc5s4)C3=N)cc2)c1. The molecule has 0 spiro atoms. The Kier molecular flexibility index (Phi) is 5.73. The number of fused-ring (bicyclic) bond motifs is 1. The molecule has 0 aliphatic carbocycles. The number of aliphatic hydroxyl groups excluding tert-OH is 1. The smallest absolute Gasteiger partial charge is 0.251 e. The number of thiazole rings is 1. The number of nitrogens with zero attached hydrogens (tertiary/aromatic N) is 2. The molecular weight excluding hydrogens is 448 g/mol. The number of benzene rings is 3. The van der Waals surface area contributed by atoms with Crippen LogP contribution in [0.5, 0.6) is 5.75 Å². The molecule has 0 atom stereocenters. The van der Waals surface area contributed by atoms with Crippen molar-refractivity contribution in [2.45, 2.75) is 6.54 Å². The topological polar surface area (TPSA) is 98.5 Å². The maximum absolute atomic E-state index is 12.6. The monoisotopic (exact) mass is 470 g/mol. The van der Waals surface area contributed by atoms with Crippen LogP contribution in [-0.2, 0) is 6.54 Å². The van der Waals surface area contributed by atoms with Crippen molar-refractivity contribution in [1.29, 1.82) is 5.41 Å². The second kappa shape index (κ2) is 8.99. The number of hydrogen-bond donors (Lipinski definition) is 3. The van der Waals surface area contributed by atoms with E-state index in [1.807, 2.05) is 48.5 Å². The van der Waals surface area contributed by atoms with Gasteiger partial charge in [0.15, 0.2) is 0 Å². The number of amides is 1. The Morgan fingerprint density at radius 1 is 1.15 bits per heavy atom. The minimum atomic E-state index is -0.193. The Morgan fingerprint density at radius 2 is 1.94 bits per heavy atom. The molecule has 1 aliphatic heterocycles. The maximum atomic E-state index is 12.6. The molecule has 0 radical (unpaired) electrons. The highest BCUT2D eigenvalue weighted by atomic mass is 32.1. The third kappa shape index (κ3) is 4.11. The van der Waals surface area contributed by atoms with Gasteiger partial charge in [-0.3, -0.25) is 10.2 Å². The minimum absolute atomic E-state index is 0.115. The number of hydrogen-bond acceptors (Lipinski definition) is 6. The van der Waals surface area contributed by atoms with Crippen LogP contribution in [0.1, 0.15) is 20.9 Å². The van der Waals surface area contributed by atoms with Gasteiger partial charge in [0.1, 0.15) is 22.4 Å². The van der Waals surface area contributed by atoms with Gasteiger partial charge in [-0.15, -0.1) is 11.3 Å². The summed E-state index contributed by atoms with van der Waals surface area (Å²) >= 11 is 1.45. The molecule has 1 aliphatic rings. The molecule has 1 aromatic heterocycles. The van der Waals surface area contributed by atoms with E-state index in [-0.39, 0.29) is 24.0 Å². The molecule has 5 rings (SSSR count). The van der Waals surface area contributed by atoms with Gasteiger partial charge in [0.2, 0.25) is 0 Å².